The van der Waals surface area contributed by atoms with Crippen LogP contribution in [0.4, 0.5) is 0 Å². The van der Waals surface area contributed by atoms with Crippen molar-refractivity contribution in [3.63, 3.8) is 0 Å². The van der Waals surface area contributed by atoms with E-state index < -0.39 is 0 Å². The third-order valence-corrected chi connectivity index (χ3v) is 6.99. The van der Waals surface area contributed by atoms with E-state index in [4.69, 9.17) is 5.10 Å². The van der Waals surface area contributed by atoms with E-state index in [1.165, 1.54) is 82.1 Å². The molecule has 1 amide bonds. The Balaban J connectivity index is 1.58. The first-order valence-corrected chi connectivity index (χ1v) is 11.2. The van der Waals surface area contributed by atoms with Gasteiger partial charge in [-0.2, -0.15) is 5.10 Å². The van der Waals surface area contributed by atoms with Crippen LogP contribution in [0.25, 0.3) is 0 Å². The largest absolute Gasteiger partial charge is 0.343 e. The van der Waals surface area contributed by atoms with Gasteiger partial charge in [0.1, 0.15) is 0 Å². The number of aromatic nitrogens is 2. The molecule has 1 aliphatic heterocycles. The molecular formula is C22H36N4O. The maximum absolute atomic E-state index is 12.8. The summed E-state index contributed by atoms with van der Waals surface area (Å²) in [6.07, 6.45) is 14.1. The molecule has 2 fully saturated rings. The number of nitrogens with zero attached hydrogens (tertiary/aromatic N) is 4. The topological polar surface area (TPSA) is 41.4 Å². The van der Waals surface area contributed by atoms with Crippen molar-refractivity contribution in [1.82, 2.24) is 19.6 Å². The molecular weight excluding hydrogens is 336 g/mol. The second-order valence-electron chi connectivity index (χ2n) is 9.15. The lowest BCUT2D eigenvalue weighted by Crippen LogP contribution is -2.42. The third kappa shape index (κ3) is 4.08. The van der Waals surface area contributed by atoms with Crippen LogP contribution in [-0.2, 0) is 19.4 Å². The standard InChI is InChI=1S/C22H36N4O/c1-24(2)22(27)21-19-15-18(25-13-7-4-8-14-25)11-12-20(19)26(23-21)16-17-9-5-3-6-10-17/h17-18H,3-16H2,1-2H3. The van der Waals surface area contributed by atoms with Crippen molar-refractivity contribution < 1.29 is 4.79 Å². The number of hydrogen-bond acceptors (Lipinski definition) is 3. The van der Waals surface area contributed by atoms with Gasteiger partial charge in [0.05, 0.1) is 0 Å². The Hall–Kier alpha value is -1.36. The number of likely N-dealkylation sites (tertiary alicyclic amines) is 1. The zero-order valence-electron chi connectivity index (χ0n) is 17.3. The molecule has 3 aliphatic rings. The van der Waals surface area contributed by atoms with Gasteiger partial charge >= 0.3 is 0 Å². The quantitative estimate of drug-likeness (QED) is 0.812. The maximum atomic E-state index is 12.8. The highest BCUT2D eigenvalue weighted by Gasteiger charge is 2.33. The van der Waals surface area contributed by atoms with Crippen LogP contribution in [0.3, 0.4) is 0 Å². The molecule has 150 valence electrons. The lowest BCUT2D eigenvalue weighted by molar-refractivity contribution is 0.0818. The van der Waals surface area contributed by atoms with Gasteiger partial charge in [0.15, 0.2) is 5.69 Å². The van der Waals surface area contributed by atoms with Crippen LogP contribution >= 0.6 is 0 Å². The summed E-state index contributed by atoms with van der Waals surface area (Å²) in [6.45, 7) is 3.47. The van der Waals surface area contributed by atoms with Crippen LogP contribution in [0.5, 0.6) is 0 Å². The lowest BCUT2D eigenvalue weighted by atomic mass is 9.87. The number of carbonyl (C=O) groups excluding carboxylic acids is 1. The molecule has 1 aromatic heterocycles. The molecule has 0 radical (unpaired) electrons. The SMILES string of the molecule is CN(C)C(=O)c1nn(CC2CCCCC2)c2c1CC(N1CCCCC1)CC2. The lowest BCUT2D eigenvalue weighted by Gasteiger charge is -2.37. The van der Waals surface area contributed by atoms with Crippen molar-refractivity contribution in [2.45, 2.75) is 83.2 Å². The molecule has 1 atom stereocenters. The van der Waals surface area contributed by atoms with Crippen molar-refractivity contribution in [3.05, 3.63) is 17.0 Å². The van der Waals surface area contributed by atoms with Gasteiger partial charge in [0, 0.05) is 37.9 Å². The number of piperidine rings is 1. The van der Waals surface area contributed by atoms with Crippen LogP contribution in [0.2, 0.25) is 0 Å². The summed E-state index contributed by atoms with van der Waals surface area (Å²) in [6, 6.07) is 0.596. The molecule has 1 saturated carbocycles. The summed E-state index contributed by atoms with van der Waals surface area (Å²) in [5.41, 5.74) is 3.35. The van der Waals surface area contributed by atoms with E-state index in [1.54, 1.807) is 4.90 Å². The highest BCUT2D eigenvalue weighted by Crippen LogP contribution is 2.32. The molecule has 0 N–H and O–H groups in total. The van der Waals surface area contributed by atoms with E-state index in [-0.39, 0.29) is 5.91 Å². The second-order valence-corrected chi connectivity index (χ2v) is 9.15. The van der Waals surface area contributed by atoms with Gasteiger partial charge in [-0.3, -0.25) is 9.48 Å². The van der Waals surface area contributed by atoms with Crippen LogP contribution < -0.4 is 0 Å². The number of carbonyl (C=O) groups is 1. The summed E-state index contributed by atoms with van der Waals surface area (Å²) in [7, 11) is 3.69. The minimum absolute atomic E-state index is 0.0768. The minimum Gasteiger partial charge on any atom is -0.343 e. The van der Waals surface area contributed by atoms with E-state index >= 15 is 0 Å². The Bertz CT molecular complexity index is 654. The molecule has 5 heteroatoms. The zero-order chi connectivity index (χ0) is 18.8. The fourth-order valence-corrected chi connectivity index (χ4v) is 5.41. The predicted octanol–water partition coefficient (Wildman–Crippen LogP) is 3.51. The van der Waals surface area contributed by atoms with Crippen LogP contribution in [0, 0.1) is 5.92 Å². The molecule has 0 spiro atoms. The Morgan fingerprint density at radius 3 is 2.44 bits per heavy atom. The summed E-state index contributed by atoms with van der Waals surface area (Å²) in [5.74, 6) is 0.817. The normalized spacial score (nSPS) is 24.6. The fourth-order valence-electron chi connectivity index (χ4n) is 5.41. The Labute approximate surface area is 164 Å². The molecule has 5 nitrogen and oxygen atoms in total. The van der Waals surface area contributed by atoms with E-state index in [2.05, 4.69) is 9.58 Å². The summed E-state index contributed by atoms with van der Waals surface area (Å²) in [4.78, 5) is 17.2. The smallest absolute Gasteiger partial charge is 0.274 e. The van der Waals surface area contributed by atoms with Gasteiger partial charge < -0.3 is 9.80 Å². The first-order valence-electron chi connectivity index (χ1n) is 11.2. The molecule has 1 unspecified atom stereocenters. The van der Waals surface area contributed by atoms with E-state index in [9.17, 15) is 4.79 Å². The van der Waals surface area contributed by atoms with Crippen molar-refractivity contribution in [3.8, 4) is 0 Å². The van der Waals surface area contributed by atoms with Gasteiger partial charge in [-0.05, 0) is 64.0 Å². The minimum atomic E-state index is 0.0768. The third-order valence-electron chi connectivity index (χ3n) is 6.99. The number of rotatable bonds is 4. The molecule has 2 heterocycles. The zero-order valence-corrected chi connectivity index (χ0v) is 17.3. The summed E-state index contributed by atoms with van der Waals surface area (Å²) >= 11 is 0. The Morgan fingerprint density at radius 1 is 1.04 bits per heavy atom. The van der Waals surface area contributed by atoms with Crippen molar-refractivity contribution in [2.75, 3.05) is 27.2 Å². The van der Waals surface area contributed by atoms with Crippen LogP contribution in [-0.4, -0.2) is 58.7 Å². The molecule has 0 bridgehead atoms. The van der Waals surface area contributed by atoms with Crippen molar-refractivity contribution in [2.24, 2.45) is 5.92 Å². The van der Waals surface area contributed by atoms with Crippen LogP contribution in [0.1, 0.15) is 79.5 Å². The number of amides is 1. The first-order chi connectivity index (χ1) is 13.1. The van der Waals surface area contributed by atoms with Gasteiger partial charge in [0.25, 0.3) is 5.91 Å². The van der Waals surface area contributed by atoms with Crippen molar-refractivity contribution >= 4 is 5.91 Å². The molecule has 4 rings (SSSR count). The van der Waals surface area contributed by atoms with Gasteiger partial charge in [-0.25, -0.2) is 0 Å². The fraction of sp³-hybridized carbons (Fsp3) is 0.818. The molecule has 1 saturated heterocycles. The summed E-state index contributed by atoms with van der Waals surface area (Å²) in [5, 5.41) is 4.89. The van der Waals surface area contributed by atoms with E-state index in [0.29, 0.717) is 6.04 Å². The first kappa shape index (κ1) is 19.0. The van der Waals surface area contributed by atoms with Gasteiger partial charge in [-0.15, -0.1) is 0 Å². The highest BCUT2D eigenvalue weighted by molar-refractivity contribution is 5.93. The molecule has 2 aliphatic carbocycles. The average molecular weight is 373 g/mol. The second kappa shape index (κ2) is 8.34. The number of hydrogen-bond donors (Lipinski definition) is 0. The van der Waals surface area contributed by atoms with Crippen LogP contribution in [0.15, 0.2) is 0 Å². The van der Waals surface area contributed by atoms with Gasteiger partial charge in [-0.1, -0.05) is 25.7 Å². The average Bonchev–Trinajstić information content (AvgIpc) is 3.06. The molecule has 1 aromatic rings. The number of fused-ring (bicyclic) bond motifs is 1. The Morgan fingerprint density at radius 2 is 1.74 bits per heavy atom. The predicted molar refractivity (Wildman–Crippen MR) is 108 cm³/mol. The van der Waals surface area contributed by atoms with Gasteiger partial charge in [0.2, 0.25) is 0 Å². The molecule has 27 heavy (non-hydrogen) atoms. The summed E-state index contributed by atoms with van der Waals surface area (Å²) < 4.78 is 2.23. The molecule has 0 aromatic carbocycles. The van der Waals surface area contributed by atoms with E-state index in [0.717, 1.165) is 31.0 Å². The maximum Gasteiger partial charge on any atom is 0.274 e. The van der Waals surface area contributed by atoms with E-state index in [1.807, 2.05) is 14.1 Å². The van der Waals surface area contributed by atoms with Crippen molar-refractivity contribution in [1.29, 1.82) is 0 Å². The Kier molecular flexibility index (Phi) is 5.86. The highest BCUT2D eigenvalue weighted by atomic mass is 16.2. The monoisotopic (exact) mass is 372 g/mol.